The average Bonchev–Trinajstić information content (AvgIpc) is 2.54. The van der Waals surface area contributed by atoms with Crippen LogP contribution in [-0.2, 0) is 14.3 Å². The van der Waals surface area contributed by atoms with Crippen molar-refractivity contribution in [2.45, 2.75) is 11.8 Å². The molecule has 2 aromatic carbocycles. The average molecular weight is 394 g/mol. The number of anilines is 1. The number of carbonyl (C=O) groups excluding carboxylic acids is 2. The Morgan fingerprint density at radius 3 is 2.61 bits per heavy atom. The Labute approximate surface area is 147 Å². The van der Waals surface area contributed by atoms with E-state index in [1.54, 1.807) is 6.07 Å². The van der Waals surface area contributed by atoms with Crippen molar-refractivity contribution >= 4 is 45.3 Å². The zero-order valence-electron chi connectivity index (χ0n) is 12.5. The normalized spacial score (nSPS) is 10.2. The number of rotatable bonds is 6. The van der Waals surface area contributed by atoms with Crippen LogP contribution in [0.5, 0.6) is 0 Å². The minimum atomic E-state index is -0.415. The van der Waals surface area contributed by atoms with E-state index in [4.69, 9.17) is 4.74 Å². The maximum absolute atomic E-state index is 11.8. The first-order valence-corrected chi connectivity index (χ1v) is 8.72. The molecular formula is C17H16BrNO3S. The van der Waals surface area contributed by atoms with Crippen LogP contribution in [0.15, 0.2) is 57.9 Å². The first-order valence-electron chi connectivity index (χ1n) is 6.94. The highest BCUT2D eigenvalue weighted by atomic mass is 79.9. The van der Waals surface area contributed by atoms with Crippen molar-refractivity contribution in [1.82, 2.24) is 0 Å². The number of thioether (sulfide) groups is 1. The van der Waals surface area contributed by atoms with E-state index < -0.39 is 5.97 Å². The van der Waals surface area contributed by atoms with Crippen molar-refractivity contribution in [1.29, 1.82) is 0 Å². The fourth-order valence-electron chi connectivity index (χ4n) is 1.80. The fourth-order valence-corrected chi connectivity index (χ4v) is 2.99. The second kappa shape index (κ2) is 8.74. The fraction of sp³-hybridized carbons (Fsp3) is 0.176. The summed E-state index contributed by atoms with van der Waals surface area (Å²) in [6.45, 7) is 1.60. The van der Waals surface area contributed by atoms with Crippen LogP contribution in [0.4, 0.5) is 5.69 Å². The molecule has 2 rings (SSSR count). The molecule has 2 aromatic rings. The van der Waals surface area contributed by atoms with E-state index in [1.807, 2.05) is 49.4 Å². The van der Waals surface area contributed by atoms with Gasteiger partial charge in [-0.2, -0.15) is 0 Å². The van der Waals surface area contributed by atoms with Gasteiger partial charge in [-0.1, -0.05) is 34.1 Å². The lowest BCUT2D eigenvalue weighted by Gasteiger charge is -2.09. The molecule has 0 heterocycles. The Morgan fingerprint density at radius 2 is 1.91 bits per heavy atom. The summed E-state index contributed by atoms with van der Waals surface area (Å²) in [7, 11) is 0. The summed E-state index contributed by atoms with van der Waals surface area (Å²) in [5.41, 5.74) is 1.63. The third-order valence-corrected chi connectivity index (χ3v) is 4.41. The highest BCUT2D eigenvalue weighted by molar-refractivity contribution is 9.10. The molecule has 1 amide bonds. The molecule has 0 bridgehead atoms. The van der Waals surface area contributed by atoms with Crippen molar-refractivity contribution in [2.75, 3.05) is 17.7 Å². The van der Waals surface area contributed by atoms with Gasteiger partial charge in [0.25, 0.3) is 5.91 Å². The van der Waals surface area contributed by atoms with E-state index >= 15 is 0 Å². The van der Waals surface area contributed by atoms with Crippen LogP contribution in [0.25, 0.3) is 0 Å². The monoisotopic (exact) mass is 393 g/mol. The van der Waals surface area contributed by atoms with E-state index in [0.29, 0.717) is 5.69 Å². The van der Waals surface area contributed by atoms with Gasteiger partial charge >= 0.3 is 5.97 Å². The molecule has 120 valence electrons. The van der Waals surface area contributed by atoms with Crippen molar-refractivity contribution in [3.63, 3.8) is 0 Å². The third-order valence-electron chi connectivity index (χ3n) is 2.93. The lowest BCUT2D eigenvalue weighted by molar-refractivity contribution is -0.144. The van der Waals surface area contributed by atoms with Gasteiger partial charge < -0.3 is 10.1 Å². The largest absolute Gasteiger partial charge is 0.455 e. The number of esters is 1. The molecule has 6 heteroatoms. The Hall–Kier alpha value is -1.79. The molecule has 0 aliphatic rings. The van der Waals surface area contributed by atoms with Crippen LogP contribution >= 0.6 is 27.7 Å². The standard InChI is InChI=1S/C17H16BrNO3S/c1-12-9-13(18)7-8-15(12)19-16(20)10-22-17(21)11-23-14-5-3-2-4-6-14/h2-9H,10-11H2,1H3,(H,19,20). The quantitative estimate of drug-likeness (QED) is 0.594. The summed E-state index contributed by atoms with van der Waals surface area (Å²) in [6, 6.07) is 15.1. The Kier molecular flexibility index (Phi) is 6.67. The van der Waals surface area contributed by atoms with E-state index in [9.17, 15) is 9.59 Å². The van der Waals surface area contributed by atoms with E-state index in [-0.39, 0.29) is 18.3 Å². The molecule has 0 atom stereocenters. The van der Waals surface area contributed by atoms with Gasteiger partial charge in [0.05, 0.1) is 5.75 Å². The second-order valence-electron chi connectivity index (χ2n) is 4.77. The second-order valence-corrected chi connectivity index (χ2v) is 6.73. The van der Waals surface area contributed by atoms with Crippen LogP contribution < -0.4 is 5.32 Å². The van der Waals surface area contributed by atoms with Crippen molar-refractivity contribution in [3.05, 3.63) is 58.6 Å². The summed E-state index contributed by atoms with van der Waals surface area (Å²) in [5, 5.41) is 2.72. The zero-order chi connectivity index (χ0) is 16.7. The van der Waals surface area contributed by atoms with Crippen LogP contribution in [0.1, 0.15) is 5.56 Å². The van der Waals surface area contributed by atoms with Gasteiger partial charge in [-0.15, -0.1) is 11.8 Å². The van der Waals surface area contributed by atoms with E-state index in [0.717, 1.165) is 14.9 Å². The molecule has 1 N–H and O–H groups in total. The molecular weight excluding hydrogens is 378 g/mol. The third kappa shape index (κ3) is 6.08. The van der Waals surface area contributed by atoms with Gasteiger partial charge in [-0.25, -0.2) is 0 Å². The minimum absolute atomic E-state index is 0.175. The maximum atomic E-state index is 11.8. The number of carbonyl (C=O) groups is 2. The van der Waals surface area contributed by atoms with Gasteiger partial charge in [0.1, 0.15) is 0 Å². The van der Waals surface area contributed by atoms with Gasteiger partial charge in [0.2, 0.25) is 0 Å². The first-order chi connectivity index (χ1) is 11.0. The van der Waals surface area contributed by atoms with Crippen molar-refractivity contribution in [2.24, 2.45) is 0 Å². The minimum Gasteiger partial charge on any atom is -0.455 e. The smallest absolute Gasteiger partial charge is 0.316 e. The first kappa shape index (κ1) is 17.6. The molecule has 0 radical (unpaired) electrons. The molecule has 0 aromatic heterocycles. The van der Waals surface area contributed by atoms with Crippen LogP contribution in [0.2, 0.25) is 0 Å². The van der Waals surface area contributed by atoms with Gasteiger partial charge in [-0.3, -0.25) is 9.59 Å². The van der Waals surface area contributed by atoms with E-state index in [2.05, 4.69) is 21.2 Å². The number of amides is 1. The molecule has 0 aliphatic heterocycles. The Balaban J connectivity index is 1.74. The predicted octanol–water partition coefficient (Wildman–Crippen LogP) is 4.03. The summed E-state index contributed by atoms with van der Waals surface area (Å²) >= 11 is 4.74. The lowest BCUT2D eigenvalue weighted by Crippen LogP contribution is -2.22. The van der Waals surface area contributed by atoms with Crippen LogP contribution in [0, 0.1) is 6.92 Å². The molecule has 0 aliphatic carbocycles. The maximum Gasteiger partial charge on any atom is 0.316 e. The number of nitrogens with one attached hydrogen (secondary N) is 1. The van der Waals surface area contributed by atoms with Crippen molar-refractivity contribution < 1.29 is 14.3 Å². The molecule has 23 heavy (non-hydrogen) atoms. The van der Waals surface area contributed by atoms with Crippen LogP contribution in [0.3, 0.4) is 0 Å². The summed E-state index contributed by atoms with van der Waals surface area (Å²) in [4.78, 5) is 24.5. The number of benzene rings is 2. The summed E-state index contributed by atoms with van der Waals surface area (Å²) in [6.07, 6.45) is 0. The van der Waals surface area contributed by atoms with Crippen LogP contribution in [-0.4, -0.2) is 24.2 Å². The number of halogens is 1. The number of ether oxygens (including phenoxy) is 1. The van der Waals surface area contributed by atoms with Gasteiger partial charge in [-0.05, 0) is 42.8 Å². The molecule has 0 unspecified atom stereocenters. The van der Waals surface area contributed by atoms with E-state index in [1.165, 1.54) is 11.8 Å². The Morgan fingerprint density at radius 1 is 1.17 bits per heavy atom. The highest BCUT2D eigenvalue weighted by Crippen LogP contribution is 2.20. The Bertz CT molecular complexity index is 691. The predicted molar refractivity (Wildman–Crippen MR) is 95.6 cm³/mol. The van der Waals surface area contributed by atoms with Gasteiger partial charge in [0.15, 0.2) is 6.61 Å². The number of hydrogen-bond acceptors (Lipinski definition) is 4. The van der Waals surface area contributed by atoms with Crippen molar-refractivity contribution in [3.8, 4) is 0 Å². The molecule has 0 saturated carbocycles. The highest BCUT2D eigenvalue weighted by Gasteiger charge is 2.09. The lowest BCUT2D eigenvalue weighted by atomic mass is 10.2. The number of aryl methyl sites for hydroxylation is 1. The summed E-state index contributed by atoms with van der Waals surface area (Å²) in [5.74, 6) is -0.593. The summed E-state index contributed by atoms with van der Waals surface area (Å²) < 4.78 is 5.92. The molecule has 0 spiro atoms. The molecule has 0 saturated heterocycles. The molecule has 0 fully saturated rings. The zero-order valence-corrected chi connectivity index (χ0v) is 14.9. The SMILES string of the molecule is Cc1cc(Br)ccc1NC(=O)COC(=O)CSc1ccccc1. The van der Waals surface area contributed by atoms with Gasteiger partial charge in [0, 0.05) is 15.1 Å². The molecule has 4 nitrogen and oxygen atoms in total. The number of hydrogen-bond donors (Lipinski definition) is 1. The topological polar surface area (TPSA) is 55.4 Å².